The first-order valence-electron chi connectivity index (χ1n) is 2.24. The van der Waals surface area contributed by atoms with Crippen molar-refractivity contribution in [2.45, 2.75) is 6.10 Å². The van der Waals surface area contributed by atoms with Gasteiger partial charge < -0.3 is 9.47 Å². The number of cyclic esters (lactones) is 2. The van der Waals surface area contributed by atoms with E-state index in [2.05, 4.69) is 9.47 Å². The van der Waals surface area contributed by atoms with Crippen LogP contribution in [0.15, 0.2) is 0 Å². The number of carbonyl (C=O) groups excluding carboxylic acids is 1. The normalized spacial score (nSPS) is 27.1. The first-order chi connectivity index (χ1) is 3.83. The molecule has 0 aliphatic carbocycles. The van der Waals surface area contributed by atoms with Crippen LogP contribution in [0.3, 0.4) is 0 Å². The van der Waals surface area contributed by atoms with Crippen LogP contribution in [0.5, 0.6) is 0 Å². The Kier molecular flexibility index (Phi) is 1.34. The van der Waals surface area contributed by atoms with E-state index in [9.17, 15) is 9.90 Å². The Balaban J connectivity index is 2.32. The summed E-state index contributed by atoms with van der Waals surface area (Å²) in [5, 5.41) is 9.92. The van der Waals surface area contributed by atoms with Gasteiger partial charge in [-0.25, -0.2) is 9.90 Å². The van der Waals surface area contributed by atoms with E-state index < -0.39 is 18.9 Å². The molecule has 1 aliphatic heterocycles. The van der Waals surface area contributed by atoms with Crippen LogP contribution in [-0.2, 0) is 14.6 Å². The number of hydrogen-bond acceptors (Lipinski definition) is 3. The molecule has 0 spiro atoms. The molecular formula is C4H5O4. The van der Waals surface area contributed by atoms with Crippen molar-refractivity contribution in [1.82, 2.24) is 0 Å². The van der Waals surface area contributed by atoms with Gasteiger partial charge in [-0.3, -0.25) is 0 Å². The third-order valence-electron chi connectivity index (χ3n) is 0.836. The lowest BCUT2D eigenvalue weighted by Crippen LogP contribution is -2.13. The van der Waals surface area contributed by atoms with Crippen molar-refractivity contribution in [3.05, 3.63) is 0 Å². The molecule has 0 bridgehead atoms. The fourth-order valence-corrected chi connectivity index (χ4v) is 0.447. The van der Waals surface area contributed by atoms with Crippen LogP contribution in [0, 0.1) is 0 Å². The molecule has 4 heteroatoms. The molecular weight excluding hydrogens is 112 g/mol. The Hall–Kier alpha value is -0.770. The van der Waals surface area contributed by atoms with Gasteiger partial charge in [0.15, 0.2) is 6.10 Å². The molecule has 0 aromatic rings. The molecule has 1 radical (unpaired) electrons. The molecule has 4 nitrogen and oxygen atoms in total. The van der Waals surface area contributed by atoms with E-state index in [1.54, 1.807) is 0 Å². The van der Waals surface area contributed by atoms with Crippen molar-refractivity contribution in [2.24, 2.45) is 0 Å². The van der Waals surface area contributed by atoms with Gasteiger partial charge in [-0.05, 0) is 0 Å². The molecule has 1 atom stereocenters. The van der Waals surface area contributed by atoms with E-state index in [-0.39, 0.29) is 6.61 Å². The Labute approximate surface area is 46.0 Å². The average molecular weight is 117 g/mol. The van der Waals surface area contributed by atoms with Gasteiger partial charge in [-0.1, -0.05) is 0 Å². The van der Waals surface area contributed by atoms with E-state index >= 15 is 0 Å². The Morgan fingerprint density at radius 3 is 2.75 bits per heavy atom. The SMILES string of the molecule is [O]C[C@@H]1COC(=O)O1. The lowest BCUT2D eigenvalue weighted by atomic mass is 10.4. The summed E-state index contributed by atoms with van der Waals surface area (Å²) in [6, 6.07) is 0. The van der Waals surface area contributed by atoms with Crippen LogP contribution >= 0.6 is 0 Å². The zero-order chi connectivity index (χ0) is 5.98. The number of hydrogen-bond donors (Lipinski definition) is 0. The molecule has 0 aromatic heterocycles. The fraction of sp³-hybridized carbons (Fsp3) is 0.750. The Morgan fingerprint density at radius 1 is 1.75 bits per heavy atom. The maximum atomic E-state index is 10.0. The van der Waals surface area contributed by atoms with Crippen molar-refractivity contribution in [3.8, 4) is 0 Å². The first kappa shape index (κ1) is 5.37. The van der Waals surface area contributed by atoms with Crippen molar-refractivity contribution in [1.29, 1.82) is 0 Å². The highest BCUT2D eigenvalue weighted by Gasteiger charge is 2.23. The van der Waals surface area contributed by atoms with E-state index in [1.165, 1.54) is 0 Å². The van der Waals surface area contributed by atoms with Crippen LogP contribution in [0.2, 0.25) is 0 Å². The highest BCUT2D eigenvalue weighted by molar-refractivity contribution is 5.61. The molecule has 45 valence electrons. The monoisotopic (exact) mass is 117 g/mol. The second kappa shape index (κ2) is 2.00. The highest BCUT2D eigenvalue weighted by Crippen LogP contribution is 2.03. The summed E-state index contributed by atoms with van der Waals surface area (Å²) in [5.74, 6) is 0. The number of rotatable bonds is 1. The zero-order valence-electron chi connectivity index (χ0n) is 4.12. The number of ether oxygens (including phenoxy) is 2. The molecule has 0 saturated carbocycles. The summed E-state index contributed by atoms with van der Waals surface area (Å²) in [4.78, 5) is 10.0. The van der Waals surface area contributed by atoms with Gasteiger partial charge in [0.05, 0.1) is 0 Å². The van der Waals surface area contributed by atoms with Crippen LogP contribution in [0.1, 0.15) is 0 Å². The van der Waals surface area contributed by atoms with Gasteiger partial charge in [-0.15, -0.1) is 0 Å². The van der Waals surface area contributed by atoms with E-state index in [1.807, 2.05) is 0 Å². The lowest BCUT2D eigenvalue weighted by molar-refractivity contribution is 0.0634. The van der Waals surface area contributed by atoms with Crippen LogP contribution in [-0.4, -0.2) is 25.5 Å². The molecule has 1 saturated heterocycles. The van der Waals surface area contributed by atoms with Gasteiger partial charge in [0.1, 0.15) is 13.2 Å². The van der Waals surface area contributed by atoms with E-state index in [0.29, 0.717) is 0 Å². The van der Waals surface area contributed by atoms with Crippen LogP contribution < -0.4 is 0 Å². The maximum Gasteiger partial charge on any atom is 0.508 e. The maximum absolute atomic E-state index is 10.0. The van der Waals surface area contributed by atoms with Gasteiger partial charge >= 0.3 is 6.16 Å². The third-order valence-corrected chi connectivity index (χ3v) is 0.836. The minimum absolute atomic E-state index is 0.113. The summed E-state index contributed by atoms with van der Waals surface area (Å²) in [7, 11) is 0. The third kappa shape index (κ3) is 0.894. The summed E-state index contributed by atoms with van der Waals surface area (Å²) >= 11 is 0. The van der Waals surface area contributed by atoms with E-state index in [0.717, 1.165) is 0 Å². The first-order valence-corrected chi connectivity index (χ1v) is 2.24. The molecule has 0 aromatic carbocycles. The summed E-state index contributed by atoms with van der Waals surface area (Å²) in [6.45, 7) is -0.298. The highest BCUT2D eigenvalue weighted by atomic mass is 16.8. The second-order valence-corrected chi connectivity index (χ2v) is 1.47. The molecule has 0 amide bonds. The summed E-state index contributed by atoms with van der Waals surface area (Å²) < 4.78 is 8.63. The van der Waals surface area contributed by atoms with Crippen molar-refractivity contribution in [2.75, 3.05) is 13.2 Å². The summed E-state index contributed by atoms with van der Waals surface area (Å²) in [6.07, 6.45) is -1.28. The topological polar surface area (TPSA) is 55.4 Å². The Morgan fingerprint density at radius 2 is 2.50 bits per heavy atom. The van der Waals surface area contributed by atoms with E-state index in [4.69, 9.17) is 0 Å². The second-order valence-electron chi connectivity index (χ2n) is 1.47. The minimum atomic E-state index is -0.731. The molecule has 0 unspecified atom stereocenters. The summed E-state index contributed by atoms with van der Waals surface area (Å²) in [5.41, 5.74) is 0. The minimum Gasteiger partial charge on any atom is -0.430 e. The molecule has 0 N–H and O–H groups in total. The van der Waals surface area contributed by atoms with Crippen LogP contribution in [0.4, 0.5) is 4.79 Å². The average Bonchev–Trinajstić information content (AvgIpc) is 2.14. The predicted molar refractivity (Wildman–Crippen MR) is 21.8 cm³/mol. The van der Waals surface area contributed by atoms with Crippen molar-refractivity contribution in [3.63, 3.8) is 0 Å². The molecule has 8 heavy (non-hydrogen) atoms. The van der Waals surface area contributed by atoms with Crippen molar-refractivity contribution < 1.29 is 19.4 Å². The molecule has 1 fully saturated rings. The van der Waals surface area contributed by atoms with Gasteiger partial charge in [0.2, 0.25) is 0 Å². The Bertz CT molecular complexity index is 100. The molecule has 1 rings (SSSR count). The van der Waals surface area contributed by atoms with Gasteiger partial charge in [0.25, 0.3) is 0 Å². The largest absolute Gasteiger partial charge is 0.508 e. The molecule has 1 aliphatic rings. The van der Waals surface area contributed by atoms with Gasteiger partial charge in [0, 0.05) is 0 Å². The fourth-order valence-electron chi connectivity index (χ4n) is 0.447. The molecule has 1 heterocycles. The quantitative estimate of drug-likeness (QED) is 0.452. The standard InChI is InChI=1S/C4H5O4/c5-1-3-2-7-4(6)8-3/h3H,1-2H2/t3-/m1/s1. The number of carbonyl (C=O) groups is 1. The predicted octanol–water partition coefficient (Wildman–Crippen LogP) is -0.0477. The van der Waals surface area contributed by atoms with Crippen LogP contribution in [0.25, 0.3) is 0 Å². The van der Waals surface area contributed by atoms with Gasteiger partial charge in [-0.2, -0.15) is 0 Å². The smallest absolute Gasteiger partial charge is 0.430 e. The van der Waals surface area contributed by atoms with Crippen molar-refractivity contribution >= 4 is 6.16 Å². The zero-order valence-corrected chi connectivity index (χ0v) is 4.12. The lowest BCUT2D eigenvalue weighted by Gasteiger charge is -1.94.